The van der Waals surface area contributed by atoms with E-state index in [1.54, 1.807) is 36.4 Å². The minimum absolute atomic E-state index is 0.0329. The Hall–Kier alpha value is -4.96. The van der Waals surface area contributed by atoms with Crippen molar-refractivity contribution in [2.45, 2.75) is 50.5 Å². The average molecular weight is 614 g/mol. The number of benzene rings is 3. The van der Waals surface area contributed by atoms with Gasteiger partial charge in [-0.15, -0.1) is 0 Å². The van der Waals surface area contributed by atoms with Crippen LogP contribution in [0.25, 0.3) is 0 Å². The molecule has 0 radical (unpaired) electrons. The number of aliphatic hydroxyl groups is 1. The van der Waals surface area contributed by atoms with Crippen LogP contribution in [0.4, 0.5) is 4.79 Å². The highest BCUT2D eigenvalue weighted by Crippen LogP contribution is 2.20. The lowest BCUT2D eigenvalue weighted by atomic mass is 9.97. The van der Waals surface area contributed by atoms with Crippen LogP contribution < -0.4 is 16.0 Å². The number of alkyl carbamates (subject to hydrolysis) is 1. The molecule has 10 nitrogen and oxygen atoms in total. The predicted octanol–water partition coefficient (Wildman–Crippen LogP) is 3.76. The van der Waals surface area contributed by atoms with Gasteiger partial charge < -0.3 is 30.5 Å². The fourth-order valence-electron chi connectivity index (χ4n) is 4.92. The number of aliphatic hydroxyl groups excluding tert-OH is 1. The first kappa shape index (κ1) is 32.9. The lowest BCUT2D eigenvalue weighted by molar-refractivity contribution is -0.152. The van der Waals surface area contributed by atoms with E-state index in [2.05, 4.69) is 16.0 Å². The van der Waals surface area contributed by atoms with Crippen molar-refractivity contribution in [1.82, 2.24) is 16.0 Å². The van der Waals surface area contributed by atoms with Gasteiger partial charge in [-0.3, -0.25) is 9.59 Å². The predicted molar refractivity (Wildman–Crippen MR) is 167 cm³/mol. The highest BCUT2D eigenvalue weighted by Gasteiger charge is 2.29. The van der Waals surface area contributed by atoms with Gasteiger partial charge in [-0.05, 0) is 36.0 Å². The molecule has 1 aliphatic heterocycles. The third-order valence-electron chi connectivity index (χ3n) is 7.35. The van der Waals surface area contributed by atoms with Crippen molar-refractivity contribution in [3.63, 3.8) is 0 Å². The number of allylic oxidation sites excluding steroid dienone is 1. The van der Waals surface area contributed by atoms with E-state index in [1.807, 2.05) is 66.7 Å². The summed E-state index contributed by atoms with van der Waals surface area (Å²) in [5.74, 6) is -2.12. The molecule has 1 aliphatic rings. The van der Waals surface area contributed by atoms with Crippen LogP contribution in [0.3, 0.4) is 0 Å². The minimum atomic E-state index is -1.05. The SMILES string of the molecule is O=C(C[C@H]1CC=CC[C@@H](NC(=O)OCc2ccccc2)C(=O)O[C@H](c2ccccc2)CNC1=O)N[C@@H](CO)Cc1ccccc1. The lowest BCUT2D eigenvalue weighted by Gasteiger charge is -2.25. The van der Waals surface area contributed by atoms with Crippen LogP contribution in [0, 0.1) is 5.92 Å². The second kappa shape index (κ2) is 17.4. The zero-order valence-electron chi connectivity index (χ0n) is 25.0. The van der Waals surface area contributed by atoms with Crippen LogP contribution in [0.5, 0.6) is 0 Å². The molecule has 0 spiro atoms. The molecule has 0 saturated heterocycles. The van der Waals surface area contributed by atoms with Crippen molar-refractivity contribution in [1.29, 1.82) is 0 Å². The van der Waals surface area contributed by atoms with Gasteiger partial charge in [0.05, 0.1) is 25.1 Å². The molecule has 0 aliphatic carbocycles. The lowest BCUT2D eigenvalue weighted by Crippen LogP contribution is -2.44. The van der Waals surface area contributed by atoms with Crippen molar-refractivity contribution in [2.75, 3.05) is 13.2 Å². The van der Waals surface area contributed by atoms with Gasteiger partial charge in [0.15, 0.2) is 0 Å². The number of amides is 3. The maximum Gasteiger partial charge on any atom is 0.408 e. The molecule has 3 aromatic rings. The molecular formula is C35H39N3O7. The maximum atomic E-state index is 13.3. The number of esters is 1. The van der Waals surface area contributed by atoms with Crippen molar-refractivity contribution in [3.8, 4) is 0 Å². The van der Waals surface area contributed by atoms with E-state index in [0.717, 1.165) is 11.1 Å². The number of ether oxygens (including phenoxy) is 2. The number of carbonyl (C=O) groups is 4. The van der Waals surface area contributed by atoms with Gasteiger partial charge >= 0.3 is 12.1 Å². The Kier molecular flexibility index (Phi) is 12.7. The summed E-state index contributed by atoms with van der Waals surface area (Å²) in [4.78, 5) is 52.2. The minimum Gasteiger partial charge on any atom is -0.454 e. The van der Waals surface area contributed by atoms with Gasteiger partial charge in [0.25, 0.3) is 0 Å². The normalized spacial score (nSPS) is 19.5. The average Bonchev–Trinajstić information content (AvgIpc) is 3.06. The standard InChI is InChI=1S/C35H39N3O7/c39-23-29(20-25-12-4-1-5-13-25)37-32(40)21-28-18-10-11-19-30(38-35(43)44-24-26-14-6-2-7-15-26)34(42)45-31(22-36-33(28)41)27-16-8-3-9-17-27/h1-17,28-31,39H,18-24H2,(H,36,41)(H,37,40)(H,38,43)/t28-,29-,30-,31+/m1/s1. The smallest absolute Gasteiger partial charge is 0.408 e. The molecule has 0 bridgehead atoms. The molecular weight excluding hydrogens is 574 g/mol. The Bertz CT molecular complexity index is 1420. The summed E-state index contributed by atoms with van der Waals surface area (Å²) in [6, 6.07) is 26.1. The molecule has 4 N–H and O–H groups in total. The zero-order valence-corrected chi connectivity index (χ0v) is 25.0. The molecule has 0 unspecified atom stereocenters. The van der Waals surface area contributed by atoms with E-state index in [1.165, 1.54) is 0 Å². The summed E-state index contributed by atoms with van der Waals surface area (Å²) in [6.45, 7) is -0.242. The number of cyclic esters (lactones) is 1. The van der Waals surface area contributed by atoms with Crippen LogP contribution in [-0.4, -0.2) is 54.2 Å². The molecule has 0 fully saturated rings. The first-order valence-electron chi connectivity index (χ1n) is 15.0. The molecule has 236 valence electrons. The van der Waals surface area contributed by atoms with E-state index in [0.29, 0.717) is 12.0 Å². The van der Waals surface area contributed by atoms with E-state index in [9.17, 15) is 24.3 Å². The first-order valence-corrected chi connectivity index (χ1v) is 15.0. The Morgan fingerprint density at radius 3 is 2.18 bits per heavy atom. The van der Waals surface area contributed by atoms with Gasteiger partial charge in [-0.2, -0.15) is 0 Å². The molecule has 4 rings (SSSR count). The fourth-order valence-corrected chi connectivity index (χ4v) is 4.92. The quantitative estimate of drug-likeness (QED) is 0.201. The molecule has 4 atom stereocenters. The number of hydrogen-bond donors (Lipinski definition) is 4. The van der Waals surface area contributed by atoms with Gasteiger partial charge in [0.1, 0.15) is 18.8 Å². The second-order valence-corrected chi connectivity index (χ2v) is 10.8. The van der Waals surface area contributed by atoms with Gasteiger partial charge in [0.2, 0.25) is 11.8 Å². The van der Waals surface area contributed by atoms with Gasteiger partial charge in [0, 0.05) is 6.42 Å². The van der Waals surface area contributed by atoms with Crippen LogP contribution in [0.15, 0.2) is 103 Å². The van der Waals surface area contributed by atoms with Gasteiger partial charge in [-0.25, -0.2) is 9.59 Å². The van der Waals surface area contributed by atoms with Crippen LogP contribution >= 0.6 is 0 Å². The van der Waals surface area contributed by atoms with E-state index in [4.69, 9.17) is 9.47 Å². The first-order chi connectivity index (χ1) is 21.9. The van der Waals surface area contributed by atoms with Crippen molar-refractivity contribution in [2.24, 2.45) is 5.92 Å². The molecule has 0 saturated carbocycles. The highest BCUT2D eigenvalue weighted by molar-refractivity contribution is 5.86. The molecule has 1 heterocycles. The number of hydrogen-bond acceptors (Lipinski definition) is 7. The third-order valence-corrected chi connectivity index (χ3v) is 7.35. The molecule has 45 heavy (non-hydrogen) atoms. The largest absolute Gasteiger partial charge is 0.454 e. The van der Waals surface area contributed by atoms with Crippen LogP contribution in [0.2, 0.25) is 0 Å². The second-order valence-electron chi connectivity index (χ2n) is 10.8. The Balaban J connectivity index is 1.44. The van der Waals surface area contributed by atoms with Crippen molar-refractivity contribution >= 4 is 23.9 Å². The summed E-state index contributed by atoms with van der Waals surface area (Å²) < 4.78 is 11.1. The Morgan fingerprint density at radius 1 is 0.889 bits per heavy atom. The van der Waals surface area contributed by atoms with Crippen LogP contribution in [-0.2, 0) is 36.9 Å². The zero-order chi connectivity index (χ0) is 31.9. The summed E-state index contributed by atoms with van der Waals surface area (Å²) in [5, 5.41) is 18.1. The molecule has 0 aromatic heterocycles. The summed E-state index contributed by atoms with van der Waals surface area (Å²) >= 11 is 0. The molecule has 10 heteroatoms. The molecule has 3 amide bonds. The van der Waals surface area contributed by atoms with Crippen LogP contribution in [0.1, 0.15) is 42.1 Å². The number of nitrogens with one attached hydrogen (secondary N) is 3. The van der Waals surface area contributed by atoms with E-state index in [-0.39, 0.29) is 50.8 Å². The number of carbonyl (C=O) groups excluding carboxylic acids is 4. The molecule has 3 aromatic carbocycles. The highest BCUT2D eigenvalue weighted by atomic mass is 16.6. The topological polar surface area (TPSA) is 143 Å². The Labute approximate surface area is 262 Å². The third kappa shape index (κ3) is 10.9. The fraction of sp³-hybridized carbons (Fsp3) is 0.314. The van der Waals surface area contributed by atoms with Crippen molar-refractivity contribution < 1.29 is 33.8 Å². The van der Waals surface area contributed by atoms with Gasteiger partial charge in [-0.1, -0.05) is 103 Å². The summed E-state index contributed by atoms with van der Waals surface area (Å²) in [7, 11) is 0. The summed E-state index contributed by atoms with van der Waals surface area (Å²) in [5.41, 5.74) is 2.43. The van der Waals surface area contributed by atoms with Crippen molar-refractivity contribution in [3.05, 3.63) is 120 Å². The summed E-state index contributed by atoms with van der Waals surface area (Å²) in [6.07, 6.45) is 2.43. The maximum absolute atomic E-state index is 13.3. The van der Waals surface area contributed by atoms with E-state index >= 15 is 0 Å². The monoisotopic (exact) mass is 613 g/mol. The Morgan fingerprint density at radius 2 is 1.51 bits per heavy atom. The number of rotatable bonds is 10. The van der Waals surface area contributed by atoms with E-state index < -0.39 is 36.2 Å².